The zero-order chi connectivity index (χ0) is 22.4. The molecule has 0 aliphatic carbocycles. The summed E-state index contributed by atoms with van der Waals surface area (Å²) in [5.41, 5.74) is 0.815. The Hall–Kier alpha value is -1.71. The van der Waals surface area contributed by atoms with E-state index in [9.17, 15) is 22.7 Å². The molecule has 1 aliphatic rings. The van der Waals surface area contributed by atoms with E-state index in [4.69, 9.17) is 4.74 Å². The summed E-state index contributed by atoms with van der Waals surface area (Å²) in [5, 5.41) is 10.6. The first-order chi connectivity index (χ1) is 14.8. The van der Waals surface area contributed by atoms with Crippen molar-refractivity contribution in [1.82, 2.24) is 4.31 Å². The normalized spacial score (nSPS) is 19.1. The number of carboxylic acid groups (broad SMARTS) is 1. The van der Waals surface area contributed by atoms with Gasteiger partial charge in [-0.1, -0.05) is 24.3 Å². The van der Waals surface area contributed by atoms with E-state index in [1.165, 1.54) is 16.4 Å². The van der Waals surface area contributed by atoms with Gasteiger partial charge >= 0.3 is 29.6 Å². The molecule has 0 aromatic heterocycles. The third-order valence-corrected chi connectivity index (χ3v) is 7.35. The molecule has 0 bridgehead atoms. The monoisotopic (exact) mass is 469 g/mol. The predicted octanol–water partition coefficient (Wildman–Crippen LogP) is 0.0666. The van der Waals surface area contributed by atoms with Gasteiger partial charge in [-0.2, -0.15) is 4.31 Å². The summed E-state index contributed by atoms with van der Waals surface area (Å²) in [6.07, 6.45) is 5.25. The van der Waals surface area contributed by atoms with Crippen LogP contribution < -0.4 is 39.4 Å². The SMILES string of the molecule is COc1cccc([C@@H]2[C@@H](C/C=C\CCC(=O)[O-])CCN2S(=O)(=O)c2ccc(F)cc2)c1.[Na+]. The molecule has 1 aliphatic heterocycles. The molecule has 0 amide bonds. The van der Waals surface area contributed by atoms with Crippen LogP contribution in [0.1, 0.15) is 37.3 Å². The Morgan fingerprint density at radius 1 is 1.22 bits per heavy atom. The molecule has 1 saturated heterocycles. The number of carbonyl (C=O) groups is 1. The molecule has 6 nitrogen and oxygen atoms in total. The second-order valence-corrected chi connectivity index (χ2v) is 9.35. The molecule has 0 radical (unpaired) electrons. The van der Waals surface area contributed by atoms with Gasteiger partial charge in [-0.05, 0) is 73.6 Å². The van der Waals surface area contributed by atoms with E-state index in [-0.39, 0.29) is 46.8 Å². The number of nitrogens with zero attached hydrogens (tertiary/aromatic N) is 1. The molecule has 0 N–H and O–H groups in total. The van der Waals surface area contributed by atoms with Crippen LogP contribution in [0.3, 0.4) is 0 Å². The number of carboxylic acids is 1. The first-order valence-corrected chi connectivity index (χ1v) is 11.5. The first kappa shape index (κ1) is 26.5. The Morgan fingerprint density at radius 3 is 2.59 bits per heavy atom. The van der Waals surface area contributed by atoms with Crippen molar-refractivity contribution in [3.63, 3.8) is 0 Å². The van der Waals surface area contributed by atoms with E-state index in [0.29, 0.717) is 31.6 Å². The van der Waals surface area contributed by atoms with Crippen LogP contribution in [0, 0.1) is 11.7 Å². The van der Waals surface area contributed by atoms with E-state index in [2.05, 4.69) is 0 Å². The van der Waals surface area contributed by atoms with Crippen molar-refractivity contribution in [2.45, 2.75) is 36.6 Å². The van der Waals surface area contributed by atoms with E-state index in [0.717, 1.165) is 17.7 Å². The Labute approximate surface area is 210 Å². The number of allylic oxidation sites excluding steroid dienone is 2. The maximum absolute atomic E-state index is 13.4. The minimum absolute atomic E-state index is 0. The number of sulfonamides is 1. The fraction of sp³-hybridized carbons (Fsp3) is 0.348. The van der Waals surface area contributed by atoms with Gasteiger partial charge in [-0.3, -0.25) is 0 Å². The number of rotatable bonds is 9. The topological polar surface area (TPSA) is 86.7 Å². The van der Waals surface area contributed by atoms with Gasteiger partial charge in [0, 0.05) is 12.5 Å². The fourth-order valence-corrected chi connectivity index (χ4v) is 5.63. The van der Waals surface area contributed by atoms with Crippen molar-refractivity contribution in [1.29, 1.82) is 0 Å². The van der Waals surface area contributed by atoms with Crippen LogP contribution in [0.15, 0.2) is 65.6 Å². The Kier molecular flexibility index (Phi) is 9.91. The number of hydrogen-bond acceptors (Lipinski definition) is 5. The molecule has 166 valence electrons. The summed E-state index contributed by atoms with van der Waals surface area (Å²) in [5.74, 6) is -0.964. The van der Waals surface area contributed by atoms with Gasteiger partial charge in [0.2, 0.25) is 10.0 Å². The molecular formula is C23H25FNNaO5S. The van der Waals surface area contributed by atoms with Gasteiger partial charge in [0.1, 0.15) is 11.6 Å². The molecule has 2 aromatic carbocycles. The van der Waals surface area contributed by atoms with Crippen molar-refractivity contribution in [2.24, 2.45) is 5.92 Å². The van der Waals surface area contributed by atoms with Gasteiger partial charge in [-0.15, -0.1) is 0 Å². The second kappa shape index (κ2) is 12.0. The van der Waals surface area contributed by atoms with Crippen LogP contribution in [0.2, 0.25) is 0 Å². The van der Waals surface area contributed by atoms with E-state index in [1.54, 1.807) is 19.3 Å². The van der Waals surface area contributed by atoms with Crippen molar-refractivity contribution >= 4 is 16.0 Å². The number of aliphatic carboxylic acids is 1. The maximum atomic E-state index is 13.4. The third-order valence-electron chi connectivity index (χ3n) is 5.45. The van der Waals surface area contributed by atoms with Gasteiger partial charge in [0.15, 0.2) is 0 Å². The third kappa shape index (κ3) is 6.42. The number of benzene rings is 2. The van der Waals surface area contributed by atoms with Crippen LogP contribution in [-0.2, 0) is 14.8 Å². The predicted molar refractivity (Wildman–Crippen MR) is 112 cm³/mol. The maximum Gasteiger partial charge on any atom is 1.00 e. The Morgan fingerprint density at radius 2 is 1.94 bits per heavy atom. The van der Waals surface area contributed by atoms with E-state index in [1.807, 2.05) is 24.3 Å². The molecule has 0 spiro atoms. The quantitative estimate of drug-likeness (QED) is 0.383. The summed E-state index contributed by atoms with van der Waals surface area (Å²) in [4.78, 5) is 10.6. The van der Waals surface area contributed by atoms with Crippen LogP contribution >= 0.6 is 0 Å². The number of carbonyl (C=O) groups excluding carboxylic acids is 1. The molecule has 2 aromatic rings. The molecule has 32 heavy (non-hydrogen) atoms. The standard InChI is InChI=1S/C23H26FNO5S.Na/c1-30-20-8-5-7-18(16-20)23-17(6-3-2-4-9-22(26)27)14-15-25(23)31(28,29)21-12-10-19(24)11-13-21;/h2-3,5,7-8,10-13,16-17,23H,4,6,9,14-15H2,1H3,(H,26,27);/q;+1/p-1/b3-2-;/t17-,23-;/m0./s1. The van der Waals surface area contributed by atoms with Crippen molar-refractivity contribution < 1.29 is 57.0 Å². The van der Waals surface area contributed by atoms with E-state index < -0.39 is 27.9 Å². The molecule has 9 heteroatoms. The molecule has 1 heterocycles. The number of ether oxygens (including phenoxy) is 1. The average Bonchev–Trinajstić information content (AvgIpc) is 3.18. The van der Waals surface area contributed by atoms with Gasteiger partial charge in [-0.25, -0.2) is 12.8 Å². The molecule has 2 atom stereocenters. The molecular weight excluding hydrogens is 444 g/mol. The first-order valence-electron chi connectivity index (χ1n) is 10.1. The molecule has 0 unspecified atom stereocenters. The minimum Gasteiger partial charge on any atom is -0.550 e. The second-order valence-electron chi connectivity index (χ2n) is 7.46. The van der Waals surface area contributed by atoms with Crippen LogP contribution in [-0.4, -0.2) is 32.3 Å². The summed E-state index contributed by atoms with van der Waals surface area (Å²) < 4.78 is 46.8. The minimum atomic E-state index is -3.84. The van der Waals surface area contributed by atoms with Crippen molar-refractivity contribution in [3.05, 3.63) is 72.1 Å². The average molecular weight is 470 g/mol. The smallest absolute Gasteiger partial charge is 0.550 e. The van der Waals surface area contributed by atoms with Gasteiger partial charge in [0.25, 0.3) is 0 Å². The molecule has 0 saturated carbocycles. The van der Waals surface area contributed by atoms with Crippen LogP contribution in [0.5, 0.6) is 5.75 Å². The summed E-state index contributed by atoms with van der Waals surface area (Å²) in [6.45, 7) is 0.332. The van der Waals surface area contributed by atoms with Gasteiger partial charge < -0.3 is 14.6 Å². The Bertz CT molecular complexity index is 1040. The fourth-order valence-electron chi connectivity index (χ4n) is 3.94. The molecule has 1 fully saturated rings. The number of methoxy groups -OCH3 is 1. The van der Waals surface area contributed by atoms with Crippen molar-refractivity contribution in [2.75, 3.05) is 13.7 Å². The largest absolute Gasteiger partial charge is 1.00 e. The van der Waals surface area contributed by atoms with Crippen molar-refractivity contribution in [3.8, 4) is 5.75 Å². The molecule has 3 rings (SSSR count). The number of halogens is 1. The summed E-state index contributed by atoms with van der Waals surface area (Å²) >= 11 is 0. The van der Waals surface area contributed by atoms with Gasteiger partial charge in [0.05, 0.1) is 18.0 Å². The summed E-state index contributed by atoms with van der Waals surface area (Å²) in [6, 6.07) is 11.7. The van der Waals surface area contributed by atoms with Crippen LogP contribution in [0.4, 0.5) is 4.39 Å². The summed E-state index contributed by atoms with van der Waals surface area (Å²) in [7, 11) is -2.28. The zero-order valence-electron chi connectivity index (χ0n) is 18.2. The number of hydrogen-bond donors (Lipinski definition) is 0. The van der Waals surface area contributed by atoms with Crippen LogP contribution in [0.25, 0.3) is 0 Å². The Balaban J connectivity index is 0.00000363. The van der Waals surface area contributed by atoms with E-state index >= 15 is 0 Å². The zero-order valence-corrected chi connectivity index (χ0v) is 21.1.